The third-order valence-corrected chi connectivity index (χ3v) is 4.52. The Labute approximate surface area is 157 Å². The van der Waals surface area contributed by atoms with Crippen molar-refractivity contribution in [2.45, 2.75) is 19.9 Å². The average molecular weight is 356 g/mol. The van der Waals surface area contributed by atoms with Gasteiger partial charge in [0, 0.05) is 34.7 Å². The van der Waals surface area contributed by atoms with Crippen LogP contribution in [0.25, 0.3) is 10.9 Å². The molecular weight excluding hydrogens is 336 g/mol. The first kappa shape index (κ1) is 17.0. The van der Waals surface area contributed by atoms with E-state index in [0.717, 1.165) is 33.7 Å². The van der Waals surface area contributed by atoms with Gasteiger partial charge in [-0.25, -0.2) is 9.97 Å². The molecular formula is C22H20N4O. The van der Waals surface area contributed by atoms with E-state index >= 15 is 0 Å². The minimum Gasteiger partial charge on any atom is -0.505 e. The number of pyridine rings is 3. The van der Waals surface area contributed by atoms with Gasteiger partial charge in [-0.15, -0.1) is 0 Å². The van der Waals surface area contributed by atoms with E-state index in [-0.39, 0.29) is 11.8 Å². The maximum absolute atomic E-state index is 11.0. The zero-order chi connectivity index (χ0) is 18.8. The third-order valence-electron chi connectivity index (χ3n) is 4.52. The fraction of sp³-hybridized carbons (Fsp3) is 0.136. The maximum Gasteiger partial charge on any atom is 0.147 e. The smallest absolute Gasteiger partial charge is 0.147 e. The van der Waals surface area contributed by atoms with Gasteiger partial charge in [0.05, 0.1) is 6.04 Å². The van der Waals surface area contributed by atoms with Gasteiger partial charge in [-0.1, -0.05) is 30.3 Å². The SMILES string of the molecule is Cc1cccc(NC(c2cccnc2)c2ccc3ccc(C)nc3c2O)n1. The lowest BCUT2D eigenvalue weighted by molar-refractivity contribution is 0.471. The molecule has 0 bridgehead atoms. The summed E-state index contributed by atoms with van der Waals surface area (Å²) in [5.74, 6) is 0.908. The van der Waals surface area contributed by atoms with Gasteiger partial charge in [-0.05, 0) is 43.7 Å². The predicted octanol–water partition coefficient (Wildman–Crippen LogP) is 4.55. The molecule has 0 saturated heterocycles. The summed E-state index contributed by atoms with van der Waals surface area (Å²) in [6, 6.07) is 17.2. The van der Waals surface area contributed by atoms with Crippen molar-refractivity contribution >= 4 is 16.7 Å². The van der Waals surface area contributed by atoms with Crippen LogP contribution in [-0.2, 0) is 0 Å². The van der Waals surface area contributed by atoms with Crippen molar-refractivity contribution in [2.24, 2.45) is 0 Å². The van der Waals surface area contributed by atoms with Crippen molar-refractivity contribution < 1.29 is 5.11 Å². The normalized spacial score (nSPS) is 12.1. The number of benzene rings is 1. The average Bonchev–Trinajstić information content (AvgIpc) is 2.68. The van der Waals surface area contributed by atoms with Gasteiger partial charge < -0.3 is 10.4 Å². The van der Waals surface area contributed by atoms with Crippen molar-refractivity contribution in [3.8, 4) is 5.75 Å². The Morgan fingerprint density at radius 3 is 2.48 bits per heavy atom. The lowest BCUT2D eigenvalue weighted by atomic mass is 9.97. The van der Waals surface area contributed by atoms with Gasteiger partial charge in [0.2, 0.25) is 0 Å². The van der Waals surface area contributed by atoms with Crippen LogP contribution in [-0.4, -0.2) is 20.1 Å². The highest BCUT2D eigenvalue weighted by Gasteiger charge is 2.20. The van der Waals surface area contributed by atoms with Gasteiger partial charge in [-0.2, -0.15) is 0 Å². The number of anilines is 1. The number of phenolic OH excluding ortho intramolecular Hbond substituents is 1. The Bertz CT molecular complexity index is 1100. The molecule has 1 aromatic carbocycles. The molecule has 0 saturated carbocycles. The molecule has 1 unspecified atom stereocenters. The molecule has 27 heavy (non-hydrogen) atoms. The number of nitrogens with zero attached hydrogens (tertiary/aromatic N) is 3. The van der Waals surface area contributed by atoms with Crippen molar-refractivity contribution in [3.05, 3.63) is 89.5 Å². The summed E-state index contributed by atoms with van der Waals surface area (Å²) < 4.78 is 0. The van der Waals surface area contributed by atoms with Crippen LogP contribution < -0.4 is 5.32 Å². The Morgan fingerprint density at radius 1 is 0.889 bits per heavy atom. The Balaban J connectivity index is 1.86. The minimum absolute atomic E-state index is 0.171. The third kappa shape index (κ3) is 3.44. The molecule has 4 aromatic rings. The standard InChI is InChI=1S/C22H20N4O/c1-14-5-3-7-19(24-14)26-20(17-6-4-12-23-13-17)18-11-10-16-9-8-15(2)25-21(16)22(18)27/h3-13,20,27H,1-2H3,(H,24,26). The Morgan fingerprint density at radius 2 is 1.70 bits per heavy atom. The van der Waals surface area contributed by atoms with Gasteiger partial charge >= 0.3 is 0 Å². The maximum atomic E-state index is 11.0. The van der Waals surface area contributed by atoms with Crippen LogP contribution in [0.3, 0.4) is 0 Å². The van der Waals surface area contributed by atoms with Crippen LogP contribution in [0.2, 0.25) is 0 Å². The van der Waals surface area contributed by atoms with E-state index in [1.54, 1.807) is 12.4 Å². The first-order valence-corrected chi connectivity index (χ1v) is 8.81. The van der Waals surface area contributed by atoms with Crippen LogP contribution in [0.1, 0.15) is 28.6 Å². The number of phenols is 1. The second kappa shape index (κ2) is 7.03. The van der Waals surface area contributed by atoms with Crippen molar-refractivity contribution in [3.63, 3.8) is 0 Å². The largest absolute Gasteiger partial charge is 0.505 e. The zero-order valence-electron chi connectivity index (χ0n) is 15.2. The molecule has 0 fully saturated rings. The van der Waals surface area contributed by atoms with E-state index in [2.05, 4.69) is 20.3 Å². The summed E-state index contributed by atoms with van der Waals surface area (Å²) in [5.41, 5.74) is 4.05. The lowest BCUT2D eigenvalue weighted by Gasteiger charge is -2.22. The lowest BCUT2D eigenvalue weighted by Crippen LogP contribution is -2.14. The van der Waals surface area contributed by atoms with E-state index in [0.29, 0.717) is 5.52 Å². The van der Waals surface area contributed by atoms with Crippen LogP contribution in [0.4, 0.5) is 5.82 Å². The molecule has 5 heteroatoms. The van der Waals surface area contributed by atoms with Crippen LogP contribution in [0.15, 0.2) is 67.0 Å². The zero-order valence-corrected chi connectivity index (χ0v) is 15.2. The summed E-state index contributed by atoms with van der Waals surface area (Å²) in [6.45, 7) is 3.86. The fourth-order valence-corrected chi connectivity index (χ4v) is 3.18. The van der Waals surface area contributed by atoms with E-state index in [1.165, 1.54) is 0 Å². The summed E-state index contributed by atoms with van der Waals surface area (Å²) >= 11 is 0. The molecule has 3 heterocycles. The fourth-order valence-electron chi connectivity index (χ4n) is 3.18. The molecule has 134 valence electrons. The van der Waals surface area contributed by atoms with Gasteiger partial charge in [0.25, 0.3) is 0 Å². The molecule has 5 nitrogen and oxygen atoms in total. The van der Waals surface area contributed by atoms with Gasteiger partial charge in [0.1, 0.15) is 17.1 Å². The number of aryl methyl sites for hydroxylation is 2. The predicted molar refractivity (Wildman–Crippen MR) is 107 cm³/mol. The molecule has 4 rings (SSSR count). The van der Waals surface area contributed by atoms with Crippen molar-refractivity contribution in [1.29, 1.82) is 0 Å². The summed E-state index contributed by atoms with van der Waals surface area (Å²) in [5, 5.41) is 15.3. The molecule has 0 radical (unpaired) electrons. The molecule has 0 spiro atoms. The summed E-state index contributed by atoms with van der Waals surface area (Å²) in [7, 11) is 0. The molecule has 0 aliphatic heterocycles. The van der Waals surface area contributed by atoms with Crippen LogP contribution in [0, 0.1) is 13.8 Å². The minimum atomic E-state index is -0.306. The van der Waals surface area contributed by atoms with Crippen molar-refractivity contribution in [2.75, 3.05) is 5.32 Å². The summed E-state index contributed by atoms with van der Waals surface area (Å²) in [6.07, 6.45) is 3.53. The van der Waals surface area contributed by atoms with Crippen molar-refractivity contribution in [1.82, 2.24) is 15.0 Å². The number of fused-ring (bicyclic) bond motifs is 1. The second-order valence-electron chi connectivity index (χ2n) is 6.56. The molecule has 0 aliphatic rings. The quantitative estimate of drug-likeness (QED) is 0.561. The number of rotatable bonds is 4. The Kier molecular flexibility index (Phi) is 4.42. The van der Waals surface area contributed by atoms with E-state index in [9.17, 15) is 5.11 Å². The van der Waals surface area contributed by atoms with E-state index < -0.39 is 0 Å². The first-order valence-electron chi connectivity index (χ1n) is 8.81. The van der Waals surface area contributed by atoms with Crippen LogP contribution in [0.5, 0.6) is 5.75 Å². The highest BCUT2D eigenvalue weighted by atomic mass is 16.3. The number of aromatic hydroxyl groups is 1. The van der Waals surface area contributed by atoms with Gasteiger partial charge in [0.15, 0.2) is 0 Å². The monoisotopic (exact) mass is 356 g/mol. The number of hydrogen-bond donors (Lipinski definition) is 2. The first-order chi connectivity index (χ1) is 13.1. The molecule has 0 amide bonds. The molecule has 2 N–H and O–H groups in total. The van der Waals surface area contributed by atoms with E-state index in [1.807, 2.05) is 68.4 Å². The number of aromatic nitrogens is 3. The molecule has 3 aromatic heterocycles. The number of nitrogens with one attached hydrogen (secondary N) is 1. The molecule has 1 atom stereocenters. The topological polar surface area (TPSA) is 70.9 Å². The second-order valence-corrected chi connectivity index (χ2v) is 6.56. The number of hydrogen-bond acceptors (Lipinski definition) is 5. The van der Waals surface area contributed by atoms with E-state index in [4.69, 9.17) is 0 Å². The van der Waals surface area contributed by atoms with Crippen LogP contribution >= 0.6 is 0 Å². The highest BCUT2D eigenvalue weighted by Crippen LogP contribution is 2.36. The van der Waals surface area contributed by atoms with Gasteiger partial charge in [-0.3, -0.25) is 4.98 Å². The molecule has 0 aliphatic carbocycles. The summed E-state index contributed by atoms with van der Waals surface area (Å²) in [4.78, 5) is 13.3. The highest BCUT2D eigenvalue weighted by molar-refractivity contribution is 5.86. The Hall–Kier alpha value is -3.47.